The molecule has 0 unspecified atom stereocenters. The Morgan fingerprint density at radius 3 is 2.71 bits per heavy atom. The van der Waals surface area contributed by atoms with Crippen LogP contribution in [-0.4, -0.2) is 13.8 Å². The van der Waals surface area contributed by atoms with Crippen molar-refractivity contribution in [1.82, 2.24) is 0 Å². The summed E-state index contributed by atoms with van der Waals surface area (Å²) in [5, 5.41) is 0. The predicted octanol–water partition coefficient (Wildman–Crippen LogP) is 2.85. The molecule has 5 heteroatoms. The molecular formula is C9H12BrClFNO. The van der Waals surface area contributed by atoms with E-state index in [2.05, 4.69) is 15.9 Å². The van der Waals surface area contributed by atoms with Gasteiger partial charge in [0.1, 0.15) is 12.4 Å². The largest absolute Gasteiger partial charge is 0.497 e. The molecule has 0 saturated heterocycles. The highest BCUT2D eigenvalue weighted by atomic mass is 79.9. The quantitative estimate of drug-likeness (QED) is 0.926. The first kappa shape index (κ1) is 13.7. The number of ether oxygens (including phenoxy) is 1. The smallest absolute Gasteiger partial charge is 0.119 e. The molecule has 2 nitrogen and oxygen atoms in total. The summed E-state index contributed by atoms with van der Waals surface area (Å²) in [7, 11) is 1.56. The van der Waals surface area contributed by atoms with Gasteiger partial charge < -0.3 is 10.5 Å². The van der Waals surface area contributed by atoms with E-state index in [1.807, 2.05) is 0 Å². The highest BCUT2D eigenvalue weighted by molar-refractivity contribution is 9.10. The van der Waals surface area contributed by atoms with Crippen molar-refractivity contribution in [2.75, 3.05) is 13.8 Å². The summed E-state index contributed by atoms with van der Waals surface area (Å²) in [6, 6.07) is 4.72. The Morgan fingerprint density at radius 2 is 2.21 bits per heavy atom. The third-order valence-electron chi connectivity index (χ3n) is 1.77. The number of hydrogen-bond donors (Lipinski definition) is 1. The average molecular weight is 285 g/mol. The summed E-state index contributed by atoms with van der Waals surface area (Å²) in [6.45, 7) is -0.578. The second kappa shape index (κ2) is 6.22. The Kier molecular flexibility index (Phi) is 6.08. The topological polar surface area (TPSA) is 35.2 Å². The first-order chi connectivity index (χ1) is 6.19. The van der Waals surface area contributed by atoms with Crippen LogP contribution >= 0.6 is 28.3 Å². The summed E-state index contributed by atoms with van der Waals surface area (Å²) >= 11 is 3.30. The first-order valence-corrected chi connectivity index (χ1v) is 4.63. The van der Waals surface area contributed by atoms with Crippen LogP contribution in [0, 0.1) is 0 Å². The molecule has 1 aromatic carbocycles. The van der Waals surface area contributed by atoms with E-state index in [-0.39, 0.29) is 12.4 Å². The van der Waals surface area contributed by atoms with Gasteiger partial charge >= 0.3 is 0 Å². The number of hydrogen-bond acceptors (Lipinski definition) is 2. The van der Waals surface area contributed by atoms with E-state index in [9.17, 15) is 4.39 Å². The SMILES string of the molecule is COc1ccc(Br)c([C@H](N)CF)c1.Cl. The van der Waals surface area contributed by atoms with E-state index in [0.717, 1.165) is 10.0 Å². The van der Waals surface area contributed by atoms with Gasteiger partial charge in [0, 0.05) is 4.47 Å². The fourth-order valence-electron chi connectivity index (χ4n) is 1.02. The second-order valence-electron chi connectivity index (χ2n) is 2.65. The van der Waals surface area contributed by atoms with Gasteiger partial charge in [0.05, 0.1) is 13.2 Å². The van der Waals surface area contributed by atoms with Crippen LogP contribution < -0.4 is 10.5 Å². The Bertz CT molecular complexity index is 298. The minimum atomic E-state index is -0.593. The zero-order chi connectivity index (χ0) is 9.84. The maximum absolute atomic E-state index is 12.3. The van der Waals surface area contributed by atoms with Crippen LogP contribution in [0.25, 0.3) is 0 Å². The van der Waals surface area contributed by atoms with Gasteiger partial charge in [0.25, 0.3) is 0 Å². The number of benzene rings is 1. The first-order valence-electron chi connectivity index (χ1n) is 3.84. The molecule has 1 rings (SSSR count). The molecule has 0 saturated carbocycles. The molecule has 0 bridgehead atoms. The van der Waals surface area contributed by atoms with Crippen molar-refractivity contribution in [2.24, 2.45) is 5.73 Å². The maximum atomic E-state index is 12.3. The van der Waals surface area contributed by atoms with E-state index < -0.39 is 12.7 Å². The third kappa shape index (κ3) is 3.12. The van der Waals surface area contributed by atoms with Gasteiger partial charge in [-0.1, -0.05) is 15.9 Å². The molecule has 0 fully saturated rings. The van der Waals surface area contributed by atoms with Crippen molar-refractivity contribution in [3.8, 4) is 5.75 Å². The van der Waals surface area contributed by atoms with Crippen molar-refractivity contribution >= 4 is 28.3 Å². The molecule has 2 N–H and O–H groups in total. The highest BCUT2D eigenvalue weighted by Gasteiger charge is 2.10. The molecule has 14 heavy (non-hydrogen) atoms. The lowest BCUT2D eigenvalue weighted by Gasteiger charge is -2.11. The zero-order valence-electron chi connectivity index (χ0n) is 7.67. The molecule has 1 atom stereocenters. The van der Waals surface area contributed by atoms with Crippen LogP contribution in [0.2, 0.25) is 0 Å². The number of alkyl halides is 1. The van der Waals surface area contributed by atoms with E-state index >= 15 is 0 Å². The molecular weight excluding hydrogens is 272 g/mol. The standard InChI is InChI=1S/C9H11BrFNO.ClH/c1-13-6-2-3-8(10)7(4-6)9(12)5-11;/h2-4,9H,5,12H2,1H3;1H/t9-;/m1./s1. The van der Waals surface area contributed by atoms with E-state index in [4.69, 9.17) is 10.5 Å². The number of rotatable bonds is 3. The van der Waals surface area contributed by atoms with Crippen molar-refractivity contribution < 1.29 is 9.13 Å². The molecule has 0 aliphatic rings. The zero-order valence-corrected chi connectivity index (χ0v) is 10.1. The Morgan fingerprint density at radius 1 is 1.57 bits per heavy atom. The van der Waals surface area contributed by atoms with Gasteiger partial charge in [-0.15, -0.1) is 12.4 Å². The third-order valence-corrected chi connectivity index (χ3v) is 2.49. The lowest BCUT2D eigenvalue weighted by Crippen LogP contribution is -2.12. The van der Waals surface area contributed by atoms with Crippen LogP contribution in [-0.2, 0) is 0 Å². The Balaban J connectivity index is 0.00000169. The average Bonchev–Trinajstić information content (AvgIpc) is 2.17. The normalized spacial score (nSPS) is 11.7. The monoisotopic (exact) mass is 283 g/mol. The summed E-state index contributed by atoms with van der Waals surface area (Å²) < 4.78 is 18.1. The van der Waals surface area contributed by atoms with Crippen LogP contribution in [0.1, 0.15) is 11.6 Å². The lowest BCUT2D eigenvalue weighted by atomic mass is 10.1. The van der Waals surface area contributed by atoms with Gasteiger partial charge in [0.2, 0.25) is 0 Å². The van der Waals surface area contributed by atoms with Gasteiger partial charge in [-0.3, -0.25) is 0 Å². The Labute approximate surface area is 97.2 Å². The molecule has 80 valence electrons. The minimum absolute atomic E-state index is 0. The number of methoxy groups -OCH3 is 1. The van der Waals surface area contributed by atoms with Crippen molar-refractivity contribution in [3.05, 3.63) is 28.2 Å². The van der Waals surface area contributed by atoms with Gasteiger partial charge in [-0.25, -0.2) is 4.39 Å². The van der Waals surface area contributed by atoms with Crippen molar-refractivity contribution in [1.29, 1.82) is 0 Å². The molecule has 0 radical (unpaired) electrons. The van der Waals surface area contributed by atoms with E-state index in [1.165, 1.54) is 0 Å². The summed E-state index contributed by atoms with van der Waals surface area (Å²) in [5.74, 6) is 0.683. The maximum Gasteiger partial charge on any atom is 0.119 e. The van der Waals surface area contributed by atoms with Crippen LogP contribution in [0.5, 0.6) is 5.75 Å². The van der Waals surface area contributed by atoms with Crippen LogP contribution in [0.4, 0.5) is 4.39 Å². The Hall–Kier alpha value is -0.320. The summed E-state index contributed by atoms with van der Waals surface area (Å²) in [4.78, 5) is 0. The fraction of sp³-hybridized carbons (Fsp3) is 0.333. The second-order valence-corrected chi connectivity index (χ2v) is 3.50. The minimum Gasteiger partial charge on any atom is -0.497 e. The van der Waals surface area contributed by atoms with Gasteiger partial charge in [0.15, 0.2) is 0 Å². The van der Waals surface area contributed by atoms with Gasteiger partial charge in [-0.2, -0.15) is 0 Å². The summed E-state index contributed by atoms with van der Waals surface area (Å²) in [5.41, 5.74) is 6.28. The molecule has 0 heterocycles. The molecule has 0 aromatic heterocycles. The molecule has 1 aromatic rings. The lowest BCUT2D eigenvalue weighted by molar-refractivity contribution is 0.409. The van der Waals surface area contributed by atoms with Crippen molar-refractivity contribution in [3.63, 3.8) is 0 Å². The highest BCUT2D eigenvalue weighted by Crippen LogP contribution is 2.26. The predicted molar refractivity (Wildman–Crippen MR) is 60.8 cm³/mol. The number of nitrogens with two attached hydrogens (primary N) is 1. The fourth-order valence-corrected chi connectivity index (χ4v) is 1.56. The van der Waals surface area contributed by atoms with Gasteiger partial charge in [-0.05, 0) is 23.8 Å². The van der Waals surface area contributed by atoms with Crippen LogP contribution in [0.3, 0.4) is 0 Å². The number of halogens is 3. The van der Waals surface area contributed by atoms with Crippen molar-refractivity contribution in [2.45, 2.75) is 6.04 Å². The molecule has 0 spiro atoms. The van der Waals surface area contributed by atoms with E-state index in [1.54, 1.807) is 25.3 Å². The molecule has 0 amide bonds. The van der Waals surface area contributed by atoms with E-state index in [0.29, 0.717) is 5.75 Å². The molecule has 0 aliphatic carbocycles. The summed E-state index contributed by atoms with van der Waals surface area (Å²) in [6.07, 6.45) is 0. The molecule has 0 aliphatic heterocycles. The van der Waals surface area contributed by atoms with Crippen LogP contribution in [0.15, 0.2) is 22.7 Å².